The third kappa shape index (κ3) is 22.2. The normalized spacial score (nSPS) is 22.0. The molecule has 7 N–H and O–H groups in total. The van der Waals surface area contributed by atoms with Crippen molar-refractivity contribution in [1.82, 2.24) is 15.7 Å². The van der Waals surface area contributed by atoms with E-state index < -0.39 is 78.3 Å². The molecule has 2 aliphatic carbocycles. The molecule has 1 unspecified atom stereocenters. The van der Waals surface area contributed by atoms with Crippen molar-refractivity contribution in [2.45, 2.75) is 99.5 Å². The van der Waals surface area contributed by atoms with Crippen LogP contribution in [-0.2, 0) is 19.1 Å². The molecule has 3 saturated heterocycles. The van der Waals surface area contributed by atoms with Gasteiger partial charge in [-0.1, -0.05) is 70.3 Å². The number of amides is 3. The minimum absolute atomic E-state index is 0. The van der Waals surface area contributed by atoms with Crippen molar-refractivity contribution >= 4 is 113 Å². The fourth-order valence-electron chi connectivity index (χ4n) is 5.48. The van der Waals surface area contributed by atoms with Gasteiger partial charge in [0, 0.05) is 78.5 Å². The minimum atomic E-state index is -6.08. The van der Waals surface area contributed by atoms with E-state index in [-0.39, 0.29) is 58.9 Å². The van der Waals surface area contributed by atoms with E-state index in [0.29, 0.717) is 35.0 Å². The van der Waals surface area contributed by atoms with E-state index >= 15 is 0 Å². The Balaban J connectivity index is -0.000000366. The van der Waals surface area contributed by atoms with Crippen molar-refractivity contribution in [3.63, 3.8) is 0 Å². The zero-order chi connectivity index (χ0) is 52.3. The Morgan fingerprint density at radius 1 is 0.862 bits per heavy atom. The van der Waals surface area contributed by atoms with Gasteiger partial charge in [-0.2, -0.15) is 70.9 Å². The van der Waals surface area contributed by atoms with Crippen LogP contribution >= 0.6 is 86.9 Å². The summed E-state index contributed by atoms with van der Waals surface area (Å²) in [6, 6.07) is 1.07. The smallest absolute Gasteiger partial charge is 0.384 e. The second-order valence-corrected chi connectivity index (χ2v) is 16.9. The molecule has 34 heteroatoms. The van der Waals surface area contributed by atoms with Crippen LogP contribution in [0.3, 0.4) is 0 Å². The minimum Gasteiger partial charge on any atom is -0.384 e. The molecule has 3 aliphatic heterocycles. The number of carbonyl (C=O) groups excluding carboxylic acids is 3. The van der Waals surface area contributed by atoms with Crippen LogP contribution in [0.5, 0.6) is 0 Å². The topological polar surface area (TPSA) is 174 Å². The van der Waals surface area contributed by atoms with Crippen molar-refractivity contribution < 1.29 is 132 Å². The Morgan fingerprint density at radius 3 is 1.40 bits per heavy atom. The molecule has 65 heavy (non-hydrogen) atoms. The molecule has 0 aromatic carbocycles. The number of nitrogens with two attached hydrogens (primary N) is 1. The van der Waals surface area contributed by atoms with Crippen molar-refractivity contribution in [1.29, 1.82) is 1.34 Å². The number of aliphatic hydroxyl groups excluding tert-OH is 1. The number of alkyl halides is 21. The Labute approximate surface area is 432 Å². The van der Waals surface area contributed by atoms with E-state index in [0.717, 1.165) is 17.2 Å². The molecule has 0 spiro atoms. The maximum absolute atomic E-state index is 12.3. The Bertz CT molecular complexity index is 1410. The molecule has 2 saturated carbocycles. The van der Waals surface area contributed by atoms with Crippen LogP contribution in [0.25, 0.3) is 0 Å². The van der Waals surface area contributed by atoms with Gasteiger partial charge in [-0.3, -0.25) is 14.4 Å². The first-order chi connectivity index (χ1) is 29.3. The van der Waals surface area contributed by atoms with Crippen LogP contribution in [0.15, 0.2) is 12.2 Å². The summed E-state index contributed by atoms with van der Waals surface area (Å²) in [7, 11) is 3.75. The molecular weight excluding hydrogens is 1460 g/mol. The monoisotopic (exact) mass is 1500 g/mol. The summed E-state index contributed by atoms with van der Waals surface area (Å²) in [6.45, 7) is 2.50. The quantitative estimate of drug-likeness (QED) is 0.0489. The van der Waals surface area contributed by atoms with Gasteiger partial charge in [-0.25, -0.2) is 0 Å². The number of nitrogens with zero attached hydrogens (tertiary/aromatic N) is 1. The maximum Gasteiger partial charge on any atom is 0.446 e. The largest absolute Gasteiger partial charge is 0.446 e. The predicted octanol–water partition coefficient (Wildman–Crippen LogP) is 8.05. The van der Waals surface area contributed by atoms with E-state index in [1.807, 2.05) is 0 Å². The van der Waals surface area contributed by atoms with Crippen LogP contribution in [0, 0.1) is 54.8 Å². The van der Waals surface area contributed by atoms with E-state index in [4.69, 9.17) is 40.5 Å². The summed E-state index contributed by atoms with van der Waals surface area (Å²) in [6.07, 6.45) is -23.9. The zero-order valence-electron chi connectivity index (χ0n) is 34.0. The van der Waals surface area contributed by atoms with E-state index in [1.165, 1.54) is 32.1 Å². The standard InChI is InChI=1S/C9H15NO.C7H7Br2F6NO2.C7H5F6NO2.C4H7Br2NO.C3H5F3O.CH2Cl2.BH.U/c11-10-8-2-6-1-7(4-8)5-9(10)3-6;8-1-3(2-9)4(17)16-5(18,6(10,11)12)7(13,14)15;1-3-2-16-5(6(8,9)10,7(11,12)13)14-4(3)15;5-1-3(2-6)4(7)8;1-2(7)3(4,5)6;2-1-3;;/h6-9,11H,1-5H2;3,18H,1-2H2,(H,16,17);1-2H2,(H,14,15);3H,1-2H2,(H2,7,8);2,7H,1H3;1H2;1H;/i;;;;;;1D;. The maximum atomic E-state index is 12.3. The van der Waals surface area contributed by atoms with Gasteiger partial charge in [0.1, 0.15) is 6.10 Å². The molecule has 3 amide bonds. The first-order valence-corrected chi connectivity index (χ1v) is 22.7. The SMILES string of the molecule is C=C1COC(C(F)(F)F)(C(F)(F)F)NC1=O.CC(O)C(F)(F)F.ClCCl.NC(=O)C(CBr)CBr.O=C(NC(O)(C(F)(F)F)C(F)(F)F)C(CBr)CBr.ON1C2CC3CC(C2)CC1C3.[2H][B].[U]. The molecule has 11 nitrogen and oxygen atoms in total. The summed E-state index contributed by atoms with van der Waals surface area (Å²) in [5.41, 5.74) is -5.47. The third-order valence-corrected chi connectivity index (χ3v) is 12.0. The number of primary amides is 1. The number of ether oxygens (including phenoxy) is 1. The second kappa shape index (κ2) is 30.4. The van der Waals surface area contributed by atoms with Gasteiger partial charge in [-0.15, -0.1) is 23.2 Å². The molecule has 1 atom stereocenters. The number of halogens is 21. The van der Waals surface area contributed by atoms with Gasteiger partial charge in [-0.05, 0) is 52.2 Å². The molecule has 5 aliphatic rings. The van der Waals surface area contributed by atoms with Crippen molar-refractivity contribution in [2.24, 2.45) is 29.4 Å². The summed E-state index contributed by atoms with van der Waals surface area (Å²) in [5, 5.41) is 30.2. The van der Waals surface area contributed by atoms with Gasteiger partial charge in [0.15, 0.2) is 0 Å². The molecule has 5 fully saturated rings. The van der Waals surface area contributed by atoms with E-state index in [2.05, 4.69) is 83.4 Å². The van der Waals surface area contributed by atoms with Crippen LogP contribution in [0.2, 0.25) is 0 Å². The summed E-state index contributed by atoms with van der Waals surface area (Å²) >= 11 is 21.3. The Hall–Kier alpha value is 0.517. The molecular formula is C31H42BBr4Cl2F15N4O7U. The number of carbonyl (C=O) groups is 3. The van der Waals surface area contributed by atoms with Crippen LogP contribution in [0.4, 0.5) is 65.9 Å². The second-order valence-electron chi connectivity index (χ2n) is 13.5. The van der Waals surface area contributed by atoms with Gasteiger partial charge in [0.05, 0.1) is 23.8 Å². The molecule has 3 heterocycles. The van der Waals surface area contributed by atoms with Crippen molar-refractivity contribution in [3.8, 4) is 0 Å². The fraction of sp³-hybridized carbons (Fsp3) is 0.839. The number of nitrogens with one attached hydrogen (secondary N) is 2. The van der Waals surface area contributed by atoms with Crippen LogP contribution < -0.4 is 16.4 Å². The number of aliphatic hydroxyl groups is 2. The number of rotatable bonds is 7. The van der Waals surface area contributed by atoms with Gasteiger partial charge in [0.25, 0.3) is 5.91 Å². The molecule has 2 radical (unpaired) electrons. The van der Waals surface area contributed by atoms with Gasteiger partial charge in [0.2, 0.25) is 11.8 Å². The molecule has 5 rings (SSSR count). The van der Waals surface area contributed by atoms with E-state index in [1.54, 1.807) is 5.06 Å². The Morgan fingerprint density at radius 2 is 1.18 bits per heavy atom. The zero-order valence-corrected chi connectivity index (χ0v) is 45.1. The fourth-order valence-corrected chi connectivity index (χ4v) is 8.85. The number of hydroxylamine groups is 2. The first-order valence-electron chi connectivity index (χ1n) is 17.7. The van der Waals surface area contributed by atoms with Crippen LogP contribution in [-0.4, -0.2) is 142 Å². The summed E-state index contributed by atoms with van der Waals surface area (Å²) in [5.74, 6) is -2.74. The number of hydrogen-bond acceptors (Lipinski definition) is 8. The average Bonchev–Trinajstić information content (AvgIpc) is 3.15. The van der Waals surface area contributed by atoms with Crippen LogP contribution in [0.1, 0.15) is 39.0 Å². The molecule has 0 aromatic rings. The summed E-state index contributed by atoms with van der Waals surface area (Å²) in [4.78, 5) is 32.3. The van der Waals surface area contributed by atoms with E-state index in [9.17, 15) is 85.4 Å². The predicted molar refractivity (Wildman–Crippen MR) is 217 cm³/mol. The molecule has 4 bridgehead atoms. The number of piperidine rings is 2. The first kappa shape index (κ1) is 69.8. The Kier molecular flexibility index (Phi) is 32.6. The van der Waals surface area contributed by atoms with Gasteiger partial charge < -0.3 is 36.5 Å². The van der Waals surface area contributed by atoms with Crippen molar-refractivity contribution in [3.05, 3.63) is 12.2 Å². The molecule has 382 valence electrons. The van der Waals surface area contributed by atoms with Gasteiger partial charge >= 0.3 is 42.3 Å². The summed E-state index contributed by atoms with van der Waals surface area (Å²) < 4.78 is 189. The average molecular weight is 1510 g/mol. The third-order valence-electron chi connectivity index (χ3n) is 8.83. The number of hydrogen-bond donors (Lipinski definition) is 6. The van der Waals surface area contributed by atoms with Crippen molar-refractivity contribution in [2.75, 3.05) is 33.3 Å². The molecule has 0 aromatic heterocycles.